The molecule has 1 aromatic rings. The Morgan fingerprint density at radius 1 is 1.40 bits per heavy atom. The lowest BCUT2D eigenvalue weighted by atomic mass is 10.00. The van der Waals surface area contributed by atoms with E-state index in [0.717, 1.165) is 44.7 Å². The number of hydrogen-bond donors (Lipinski definition) is 1. The normalized spacial score (nSPS) is 16.6. The Bertz CT molecular complexity index is 447. The van der Waals surface area contributed by atoms with E-state index >= 15 is 0 Å². The minimum atomic E-state index is 0.00463. The molecule has 0 amide bonds. The summed E-state index contributed by atoms with van der Waals surface area (Å²) in [5.74, 6) is 1.13. The van der Waals surface area contributed by atoms with Gasteiger partial charge in [-0.25, -0.2) is 0 Å². The van der Waals surface area contributed by atoms with Crippen LogP contribution in [0.4, 0.5) is 0 Å². The third-order valence-electron chi connectivity index (χ3n) is 3.67. The Hall–Kier alpha value is -0.970. The second-order valence-corrected chi connectivity index (χ2v) is 5.79. The summed E-state index contributed by atoms with van der Waals surface area (Å²) in [6.45, 7) is 3.58. The lowest BCUT2D eigenvalue weighted by Crippen LogP contribution is -2.29. The largest absolute Gasteiger partial charge is 0.503 e. The summed E-state index contributed by atoms with van der Waals surface area (Å²) in [6, 6.07) is 3.63. The predicted molar refractivity (Wildman–Crippen MR) is 79.5 cm³/mol. The van der Waals surface area contributed by atoms with Crippen molar-refractivity contribution in [1.82, 2.24) is 4.90 Å². The molecule has 4 nitrogen and oxygen atoms in total. The third-order valence-corrected chi connectivity index (χ3v) is 3.96. The number of phenolic OH excluding ortho intramolecular Hbond substituents is 1. The van der Waals surface area contributed by atoms with Gasteiger partial charge in [-0.05, 0) is 43.5 Å². The van der Waals surface area contributed by atoms with Crippen LogP contribution in [0, 0.1) is 5.92 Å². The van der Waals surface area contributed by atoms with E-state index in [-0.39, 0.29) is 5.75 Å². The Balaban J connectivity index is 1.96. The average Bonchev–Trinajstić information content (AvgIpc) is 2.43. The molecule has 0 saturated carbocycles. The number of ether oxygens (including phenoxy) is 2. The molecule has 1 N–H and O–H groups in total. The van der Waals surface area contributed by atoms with Gasteiger partial charge >= 0.3 is 0 Å². The standard InChI is InChI=1S/C15H22ClNO3/c1-17(9-11-3-5-20-6-4-11)10-12-7-13(16)15(18)14(8-12)19-2/h7-8,11,18H,3-6,9-10H2,1-2H3. The van der Waals surface area contributed by atoms with Crippen LogP contribution in [0.2, 0.25) is 5.02 Å². The van der Waals surface area contributed by atoms with Crippen LogP contribution in [-0.2, 0) is 11.3 Å². The molecule has 0 unspecified atom stereocenters. The molecule has 5 heteroatoms. The lowest BCUT2D eigenvalue weighted by Gasteiger charge is -2.27. The Labute approximate surface area is 125 Å². The van der Waals surface area contributed by atoms with Crippen molar-refractivity contribution in [3.05, 3.63) is 22.7 Å². The third kappa shape index (κ3) is 4.01. The van der Waals surface area contributed by atoms with E-state index < -0.39 is 0 Å². The topological polar surface area (TPSA) is 41.9 Å². The van der Waals surface area contributed by atoms with Crippen LogP contribution in [0.3, 0.4) is 0 Å². The molecule has 0 aromatic heterocycles. The van der Waals surface area contributed by atoms with Crippen molar-refractivity contribution in [2.45, 2.75) is 19.4 Å². The van der Waals surface area contributed by atoms with Gasteiger partial charge in [0.15, 0.2) is 11.5 Å². The van der Waals surface area contributed by atoms with E-state index in [9.17, 15) is 5.11 Å². The quantitative estimate of drug-likeness (QED) is 0.908. The number of aromatic hydroxyl groups is 1. The van der Waals surface area contributed by atoms with Gasteiger partial charge in [0.05, 0.1) is 12.1 Å². The molecule has 20 heavy (non-hydrogen) atoms. The van der Waals surface area contributed by atoms with Crippen LogP contribution < -0.4 is 4.74 Å². The van der Waals surface area contributed by atoms with E-state index in [1.54, 1.807) is 6.07 Å². The molecule has 1 heterocycles. The van der Waals surface area contributed by atoms with Crippen molar-refractivity contribution in [3.8, 4) is 11.5 Å². The van der Waals surface area contributed by atoms with Crippen LogP contribution in [-0.4, -0.2) is 43.9 Å². The second-order valence-electron chi connectivity index (χ2n) is 5.38. The Kier molecular flexibility index (Phi) is 5.52. The first-order valence-electron chi connectivity index (χ1n) is 6.91. The summed E-state index contributed by atoms with van der Waals surface area (Å²) in [5, 5.41) is 10.1. The SMILES string of the molecule is COc1cc(CN(C)CC2CCOCC2)cc(Cl)c1O. The van der Waals surface area contributed by atoms with Crippen LogP contribution in [0.5, 0.6) is 11.5 Å². The molecule has 1 saturated heterocycles. The first-order valence-corrected chi connectivity index (χ1v) is 7.29. The zero-order valence-electron chi connectivity index (χ0n) is 12.1. The highest BCUT2D eigenvalue weighted by Gasteiger charge is 2.16. The highest BCUT2D eigenvalue weighted by molar-refractivity contribution is 6.32. The zero-order chi connectivity index (χ0) is 14.5. The maximum absolute atomic E-state index is 9.73. The molecule has 1 aliphatic heterocycles. The van der Waals surface area contributed by atoms with E-state index in [2.05, 4.69) is 11.9 Å². The lowest BCUT2D eigenvalue weighted by molar-refractivity contribution is 0.0549. The number of hydrogen-bond acceptors (Lipinski definition) is 4. The van der Waals surface area contributed by atoms with Gasteiger partial charge in [-0.15, -0.1) is 0 Å². The molecule has 0 bridgehead atoms. The maximum Gasteiger partial charge on any atom is 0.176 e. The molecule has 1 aromatic carbocycles. The molecule has 0 radical (unpaired) electrons. The first kappa shape index (κ1) is 15.4. The maximum atomic E-state index is 9.73. The van der Waals surface area contributed by atoms with Crippen molar-refractivity contribution in [2.75, 3.05) is 33.9 Å². The average molecular weight is 300 g/mol. The molecule has 112 valence electrons. The van der Waals surface area contributed by atoms with Gasteiger partial charge in [-0.1, -0.05) is 11.6 Å². The number of methoxy groups -OCH3 is 1. The minimum Gasteiger partial charge on any atom is -0.503 e. The van der Waals surface area contributed by atoms with Crippen molar-refractivity contribution in [1.29, 1.82) is 0 Å². The molecular formula is C15H22ClNO3. The van der Waals surface area contributed by atoms with E-state index in [1.165, 1.54) is 7.11 Å². The fraction of sp³-hybridized carbons (Fsp3) is 0.600. The molecule has 2 rings (SSSR count). The fourth-order valence-corrected chi connectivity index (χ4v) is 2.85. The number of benzene rings is 1. The Morgan fingerprint density at radius 2 is 2.10 bits per heavy atom. The number of halogens is 1. The number of phenols is 1. The van der Waals surface area contributed by atoms with Gasteiger partial charge in [0, 0.05) is 26.3 Å². The van der Waals surface area contributed by atoms with Crippen LogP contribution >= 0.6 is 11.6 Å². The van der Waals surface area contributed by atoms with Crippen molar-refractivity contribution < 1.29 is 14.6 Å². The van der Waals surface area contributed by atoms with Gasteiger partial charge in [0.25, 0.3) is 0 Å². The molecule has 0 aliphatic carbocycles. The van der Waals surface area contributed by atoms with E-state index in [4.69, 9.17) is 21.1 Å². The summed E-state index contributed by atoms with van der Waals surface area (Å²) in [4.78, 5) is 2.28. The molecular weight excluding hydrogens is 278 g/mol. The predicted octanol–water partition coefficient (Wildman–Crippen LogP) is 2.91. The molecule has 0 spiro atoms. The summed E-state index contributed by atoms with van der Waals surface area (Å²) in [5.41, 5.74) is 1.04. The van der Waals surface area contributed by atoms with Crippen molar-refractivity contribution in [2.24, 2.45) is 5.92 Å². The number of rotatable bonds is 5. The summed E-state index contributed by atoms with van der Waals surface area (Å²) in [6.07, 6.45) is 2.26. The van der Waals surface area contributed by atoms with E-state index in [1.807, 2.05) is 6.07 Å². The van der Waals surface area contributed by atoms with Crippen molar-refractivity contribution >= 4 is 11.6 Å². The van der Waals surface area contributed by atoms with Gasteiger partial charge in [-0.3, -0.25) is 0 Å². The summed E-state index contributed by atoms with van der Waals surface area (Å²) >= 11 is 6.01. The highest BCUT2D eigenvalue weighted by Crippen LogP contribution is 2.35. The van der Waals surface area contributed by atoms with Crippen LogP contribution in [0.1, 0.15) is 18.4 Å². The van der Waals surface area contributed by atoms with Gasteiger partial charge in [0.2, 0.25) is 0 Å². The van der Waals surface area contributed by atoms with Gasteiger partial charge in [-0.2, -0.15) is 0 Å². The van der Waals surface area contributed by atoms with E-state index in [0.29, 0.717) is 16.7 Å². The molecule has 1 fully saturated rings. The second kappa shape index (κ2) is 7.16. The van der Waals surface area contributed by atoms with Crippen molar-refractivity contribution in [3.63, 3.8) is 0 Å². The summed E-state index contributed by atoms with van der Waals surface area (Å²) in [7, 11) is 3.63. The fourth-order valence-electron chi connectivity index (χ4n) is 2.62. The monoisotopic (exact) mass is 299 g/mol. The highest BCUT2D eigenvalue weighted by atomic mass is 35.5. The minimum absolute atomic E-state index is 0.00463. The Morgan fingerprint density at radius 3 is 2.75 bits per heavy atom. The van der Waals surface area contributed by atoms with Crippen LogP contribution in [0.15, 0.2) is 12.1 Å². The number of nitrogens with zero attached hydrogens (tertiary/aromatic N) is 1. The molecule has 1 aliphatic rings. The zero-order valence-corrected chi connectivity index (χ0v) is 12.8. The smallest absolute Gasteiger partial charge is 0.176 e. The summed E-state index contributed by atoms with van der Waals surface area (Å²) < 4.78 is 10.5. The first-order chi connectivity index (χ1) is 9.60. The molecule has 0 atom stereocenters. The van der Waals surface area contributed by atoms with Crippen LogP contribution in [0.25, 0.3) is 0 Å². The van der Waals surface area contributed by atoms with Gasteiger partial charge in [0.1, 0.15) is 0 Å². The van der Waals surface area contributed by atoms with Gasteiger partial charge < -0.3 is 19.5 Å².